The van der Waals surface area contributed by atoms with Gasteiger partial charge in [-0.05, 0) is 55.8 Å². The van der Waals surface area contributed by atoms with Gasteiger partial charge in [-0.1, -0.05) is 22.9 Å². The Labute approximate surface area is 172 Å². The van der Waals surface area contributed by atoms with Gasteiger partial charge in [0, 0.05) is 22.1 Å². The number of carbonyl (C=O) groups excluding carboxylic acids is 3. The van der Waals surface area contributed by atoms with Crippen molar-refractivity contribution in [1.82, 2.24) is 0 Å². The molecule has 2 aromatic carbocycles. The number of halogens is 1. The Bertz CT molecular complexity index is 911. The molecule has 6 nitrogen and oxygen atoms in total. The third kappa shape index (κ3) is 4.42. The lowest BCUT2D eigenvalue weighted by atomic mass is 10.0. The van der Waals surface area contributed by atoms with Gasteiger partial charge < -0.3 is 10.1 Å². The maximum absolute atomic E-state index is 12.7. The Morgan fingerprint density at radius 1 is 1.18 bits per heavy atom. The van der Waals surface area contributed by atoms with Gasteiger partial charge in [-0.15, -0.1) is 0 Å². The molecule has 0 bridgehead atoms. The highest BCUT2D eigenvalue weighted by atomic mass is 79.9. The summed E-state index contributed by atoms with van der Waals surface area (Å²) in [5, 5.41) is 2.78. The van der Waals surface area contributed by atoms with Crippen LogP contribution in [0.25, 0.3) is 0 Å². The molecule has 3 rings (SSSR count). The van der Waals surface area contributed by atoms with Crippen molar-refractivity contribution in [2.75, 3.05) is 16.8 Å². The maximum atomic E-state index is 12.7. The minimum absolute atomic E-state index is 0.00404. The molecule has 1 heterocycles. The fourth-order valence-electron chi connectivity index (χ4n) is 2.99. The number of nitrogens with one attached hydrogen (secondary N) is 1. The summed E-state index contributed by atoms with van der Waals surface area (Å²) in [4.78, 5) is 38.8. The second-order valence-corrected chi connectivity index (χ2v) is 7.51. The molecule has 0 saturated heterocycles. The molecule has 28 heavy (non-hydrogen) atoms. The Morgan fingerprint density at radius 2 is 1.89 bits per heavy atom. The summed E-state index contributed by atoms with van der Waals surface area (Å²) >= 11 is 3.35. The van der Waals surface area contributed by atoms with Gasteiger partial charge in [0.15, 0.2) is 11.9 Å². The molecule has 0 fully saturated rings. The Balaban J connectivity index is 1.84. The highest BCUT2D eigenvalue weighted by Gasteiger charge is 2.33. The van der Waals surface area contributed by atoms with Crippen LogP contribution in [0.2, 0.25) is 0 Å². The number of hydrogen-bond donors (Lipinski definition) is 1. The first-order valence-corrected chi connectivity index (χ1v) is 9.89. The molecule has 2 aromatic rings. The number of Topliss-reactive ketones (excluding diaryl/α,β-unsaturated/α-hetero) is 1. The van der Waals surface area contributed by atoms with E-state index in [4.69, 9.17) is 4.74 Å². The number of carbonyl (C=O) groups is 3. The van der Waals surface area contributed by atoms with Gasteiger partial charge in [-0.2, -0.15) is 0 Å². The number of nitrogens with zero attached hydrogens (tertiary/aromatic N) is 1. The van der Waals surface area contributed by atoms with E-state index in [0.29, 0.717) is 29.1 Å². The second-order valence-electron chi connectivity index (χ2n) is 6.60. The van der Waals surface area contributed by atoms with Crippen molar-refractivity contribution >= 4 is 44.9 Å². The summed E-state index contributed by atoms with van der Waals surface area (Å²) in [6.45, 7) is 3.41. The van der Waals surface area contributed by atoms with Crippen LogP contribution in [0, 0.1) is 0 Å². The van der Waals surface area contributed by atoms with E-state index in [1.54, 1.807) is 37.3 Å². The number of benzene rings is 2. The number of ketones is 1. The Hall–Kier alpha value is -2.67. The zero-order valence-corrected chi connectivity index (χ0v) is 17.3. The van der Waals surface area contributed by atoms with Crippen LogP contribution in [0.3, 0.4) is 0 Å². The number of fused-ring (bicyclic) bond motifs is 1. The predicted molar refractivity (Wildman–Crippen MR) is 111 cm³/mol. The molecule has 0 aromatic heterocycles. The van der Waals surface area contributed by atoms with Crippen LogP contribution in [-0.2, 0) is 9.59 Å². The quantitative estimate of drug-likeness (QED) is 0.677. The van der Waals surface area contributed by atoms with E-state index in [9.17, 15) is 14.4 Å². The van der Waals surface area contributed by atoms with Gasteiger partial charge in [-0.25, -0.2) is 0 Å². The lowest BCUT2D eigenvalue weighted by Crippen LogP contribution is -2.47. The molecule has 2 amide bonds. The average molecular weight is 445 g/mol. The molecule has 0 saturated carbocycles. The highest BCUT2D eigenvalue weighted by molar-refractivity contribution is 9.10. The molecular weight excluding hydrogens is 424 g/mol. The molecule has 7 heteroatoms. The van der Waals surface area contributed by atoms with Crippen molar-refractivity contribution in [3.05, 3.63) is 52.5 Å². The molecule has 1 aliphatic heterocycles. The summed E-state index contributed by atoms with van der Waals surface area (Å²) in [5.41, 5.74) is 1.58. The molecule has 1 N–H and O–H groups in total. The number of hydrogen-bond acceptors (Lipinski definition) is 4. The fraction of sp³-hybridized carbons (Fsp3) is 0.286. The number of amides is 2. The molecule has 0 aliphatic carbocycles. The van der Waals surface area contributed by atoms with Gasteiger partial charge in [0.25, 0.3) is 5.91 Å². The van der Waals surface area contributed by atoms with Crippen LogP contribution in [0.1, 0.15) is 37.0 Å². The van der Waals surface area contributed by atoms with Crippen molar-refractivity contribution in [1.29, 1.82) is 0 Å². The Morgan fingerprint density at radius 3 is 2.57 bits per heavy atom. The van der Waals surface area contributed by atoms with Gasteiger partial charge >= 0.3 is 0 Å². The lowest BCUT2D eigenvalue weighted by Gasteiger charge is -2.32. The van der Waals surface area contributed by atoms with Crippen LogP contribution < -0.4 is 15.0 Å². The fourth-order valence-corrected chi connectivity index (χ4v) is 3.26. The number of ether oxygens (including phenoxy) is 1. The Kier molecular flexibility index (Phi) is 6.14. The first kappa shape index (κ1) is 20.1. The van der Waals surface area contributed by atoms with Gasteiger partial charge in [0.1, 0.15) is 12.3 Å². The monoisotopic (exact) mass is 444 g/mol. The zero-order chi connectivity index (χ0) is 20.3. The minimum Gasteiger partial charge on any atom is -0.479 e. The van der Waals surface area contributed by atoms with Gasteiger partial charge in [0.2, 0.25) is 5.91 Å². The zero-order valence-electron chi connectivity index (χ0n) is 15.7. The largest absolute Gasteiger partial charge is 0.479 e. The van der Waals surface area contributed by atoms with Crippen LogP contribution in [-0.4, -0.2) is 30.2 Å². The summed E-state index contributed by atoms with van der Waals surface area (Å²) in [6, 6.07) is 12.2. The van der Waals surface area contributed by atoms with Gasteiger partial charge in [0.05, 0.1) is 5.69 Å². The third-order valence-electron chi connectivity index (χ3n) is 4.40. The van der Waals surface area contributed by atoms with Crippen LogP contribution >= 0.6 is 15.9 Å². The highest BCUT2D eigenvalue weighted by Crippen LogP contribution is 2.35. The lowest BCUT2D eigenvalue weighted by molar-refractivity contribution is -0.127. The molecule has 146 valence electrons. The second kappa shape index (κ2) is 8.56. The van der Waals surface area contributed by atoms with E-state index < -0.39 is 6.10 Å². The average Bonchev–Trinajstić information content (AvgIpc) is 2.67. The van der Waals surface area contributed by atoms with Crippen molar-refractivity contribution in [2.24, 2.45) is 0 Å². The first-order chi connectivity index (χ1) is 13.4. The van der Waals surface area contributed by atoms with Crippen molar-refractivity contribution in [2.45, 2.75) is 32.8 Å². The summed E-state index contributed by atoms with van der Waals surface area (Å²) < 4.78 is 6.55. The van der Waals surface area contributed by atoms with E-state index in [-0.39, 0.29) is 24.1 Å². The van der Waals surface area contributed by atoms with E-state index in [2.05, 4.69) is 21.2 Å². The van der Waals surface area contributed by atoms with Crippen LogP contribution in [0.5, 0.6) is 5.75 Å². The summed E-state index contributed by atoms with van der Waals surface area (Å²) in [5.74, 6) is -0.174. The van der Waals surface area contributed by atoms with Crippen molar-refractivity contribution in [3.63, 3.8) is 0 Å². The van der Waals surface area contributed by atoms with E-state index in [1.807, 2.05) is 19.1 Å². The van der Waals surface area contributed by atoms with Gasteiger partial charge in [-0.3, -0.25) is 19.3 Å². The van der Waals surface area contributed by atoms with Crippen LogP contribution in [0.15, 0.2) is 46.9 Å². The predicted octanol–water partition coefficient (Wildman–Crippen LogP) is 4.18. The minimum atomic E-state index is -0.704. The molecule has 1 atom stereocenters. The molecular formula is C21H21BrN2O4. The topological polar surface area (TPSA) is 75.7 Å². The standard InChI is InChI=1S/C21H21BrN2O4/c1-3-4-18(25)14-5-10-19-17(11-14)24(21(27)13(2)28-19)12-20(26)23-16-8-6-15(22)7-9-16/h5-11,13H,3-4,12H2,1-2H3,(H,23,26). The third-order valence-corrected chi connectivity index (χ3v) is 4.92. The number of anilines is 2. The number of rotatable bonds is 6. The molecule has 1 unspecified atom stereocenters. The normalized spacial score (nSPS) is 15.6. The maximum Gasteiger partial charge on any atom is 0.268 e. The van der Waals surface area contributed by atoms with Crippen LogP contribution in [0.4, 0.5) is 11.4 Å². The van der Waals surface area contributed by atoms with Crippen molar-refractivity contribution < 1.29 is 19.1 Å². The van der Waals surface area contributed by atoms with Crippen molar-refractivity contribution in [3.8, 4) is 5.75 Å². The summed E-state index contributed by atoms with van der Waals surface area (Å²) in [6.07, 6.45) is 0.459. The first-order valence-electron chi connectivity index (χ1n) is 9.09. The SMILES string of the molecule is CCCC(=O)c1ccc2c(c1)N(CC(=O)Nc1ccc(Br)cc1)C(=O)C(C)O2. The summed E-state index contributed by atoms with van der Waals surface area (Å²) in [7, 11) is 0. The smallest absolute Gasteiger partial charge is 0.268 e. The molecule has 0 radical (unpaired) electrons. The van der Waals surface area contributed by atoms with E-state index in [0.717, 1.165) is 10.9 Å². The molecule has 1 aliphatic rings. The van der Waals surface area contributed by atoms with E-state index >= 15 is 0 Å². The van der Waals surface area contributed by atoms with E-state index in [1.165, 1.54) is 4.90 Å². The molecule has 0 spiro atoms.